The molecule has 0 radical (unpaired) electrons. The normalized spacial score (nSPS) is 17.3. The van der Waals surface area contributed by atoms with Gasteiger partial charge in [-0.1, -0.05) is 41.6 Å². The molecule has 0 spiro atoms. The number of rotatable bonds is 4. The van der Waals surface area contributed by atoms with E-state index >= 15 is 0 Å². The summed E-state index contributed by atoms with van der Waals surface area (Å²) in [7, 11) is 5.51. The first-order chi connectivity index (χ1) is 13.1. The molecule has 0 saturated carbocycles. The standard InChI is InChI=1S/C21H21N3O3/c1-23-13-24(2)20-19(23)18(16-6-4-5-7-17(16)21(20)25)22-27-12-14-8-10-15(26-3)11-9-14/h4-11H,12-13H2,1-3H3/b22-18-. The fraction of sp³-hybridized carbons (Fsp3) is 0.238. The van der Waals surface area contributed by atoms with Crippen molar-refractivity contribution in [3.63, 3.8) is 0 Å². The first kappa shape index (κ1) is 17.1. The van der Waals surface area contributed by atoms with Gasteiger partial charge in [0, 0.05) is 25.2 Å². The Balaban J connectivity index is 1.67. The number of Topliss-reactive ketones (excluding diaryl/α,β-unsaturated/α-hetero) is 1. The van der Waals surface area contributed by atoms with Crippen molar-refractivity contribution < 1.29 is 14.4 Å². The minimum absolute atomic E-state index is 0.0292. The van der Waals surface area contributed by atoms with Crippen LogP contribution in [-0.2, 0) is 11.4 Å². The van der Waals surface area contributed by atoms with Crippen molar-refractivity contribution in [1.82, 2.24) is 9.80 Å². The molecule has 2 aliphatic rings. The number of hydrogen-bond acceptors (Lipinski definition) is 6. The lowest BCUT2D eigenvalue weighted by Crippen LogP contribution is -2.27. The maximum absolute atomic E-state index is 12.9. The average Bonchev–Trinajstić information content (AvgIpc) is 2.99. The second-order valence-corrected chi connectivity index (χ2v) is 6.67. The molecule has 0 unspecified atom stereocenters. The minimum atomic E-state index is 0.0292. The number of methoxy groups -OCH3 is 1. The van der Waals surface area contributed by atoms with Gasteiger partial charge in [-0.3, -0.25) is 4.79 Å². The number of ether oxygens (including phenoxy) is 1. The predicted octanol–water partition coefficient (Wildman–Crippen LogP) is 2.86. The fourth-order valence-electron chi connectivity index (χ4n) is 3.52. The van der Waals surface area contributed by atoms with Crippen molar-refractivity contribution in [2.45, 2.75) is 6.61 Å². The van der Waals surface area contributed by atoms with Crippen LogP contribution in [-0.4, -0.2) is 49.2 Å². The van der Waals surface area contributed by atoms with Gasteiger partial charge in [0.05, 0.1) is 19.5 Å². The zero-order valence-corrected chi connectivity index (χ0v) is 15.6. The van der Waals surface area contributed by atoms with Crippen molar-refractivity contribution in [2.24, 2.45) is 5.16 Å². The summed E-state index contributed by atoms with van der Waals surface area (Å²) in [4.78, 5) is 22.6. The summed E-state index contributed by atoms with van der Waals surface area (Å²) in [6.07, 6.45) is 0. The lowest BCUT2D eigenvalue weighted by molar-refractivity contribution is 0.1000. The van der Waals surface area contributed by atoms with E-state index in [0.29, 0.717) is 30.2 Å². The van der Waals surface area contributed by atoms with E-state index in [9.17, 15) is 4.79 Å². The van der Waals surface area contributed by atoms with E-state index in [0.717, 1.165) is 22.6 Å². The molecule has 1 aliphatic carbocycles. The van der Waals surface area contributed by atoms with Crippen molar-refractivity contribution in [1.29, 1.82) is 0 Å². The largest absolute Gasteiger partial charge is 0.497 e. The Labute approximate surface area is 158 Å². The molecule has 1 heterocycles. The van der Waals surface area contributed by atoms with Crippen LogP contribution in [0.1, 0.15) is 21.5 Å². The molecular weight excluding hydrogens is 342 g/mol. The maximum atomic E-state index is 12.9. The van der Waals surface area contributed by atoms with Crippen molar-refractivity contribution >= 4 is 11.5 Å². The van der Waals surface area contributed by atoms with Gasteiger partial charge in [0.25, 0.3) is 0 Å². The summed E-state index contributed by atoms with van der Waals surface area (Å²) in [5.74, 6) is 0.830. The van der Waals surface area contributed by atoms with Crippen LogP contribution in [0.15, 0.2) is 65.1 Å². The molecule has 2 aromatic rings. The maximum Gasteiger partial charge on any atom is 0.211 e. The molecule has 6 heteroatoms. The molecule has 0 fully saturated rings. The van der Waals surface area contributed by atoms with Crippen LogP contribution in [0.4, 0.5) is 0 Å². The van der Waals surface area contributed by atoms with E-state index < -0.39 is 0 Å². The summed E-state index contributed by atoms with van der Waals surface area (Å²) in [5, 5.41) is 4.43. The fourth-order valence-corrected chi connectivity index (χ4v) is 3.52. The van der Waals surface area contributed by atoms with Crippen LogP contribution < -0.4 is 4.74 Å². The number of carbonyl (C=O) groups is 1. The molecule has 1 aliphatic heterocycles. The first-order valence-corrected chi connectivity index (χ1v) is 8.74. The number of fused-ring (bicyclic) bond motifs is 1. The molecule has 138 valence electrons. The highest BCUT2D eigenvalue weighted by Crippen LogP contribution is 2.33. The van der Waals surface area contributed by atoms with Gasteiger partial charge in [-0.2, -0.15) is 0 Å². The molecule has 2 aromatic carbocycles. The van der Waals surface area contributed by atoms with Crippen LogP contribution in [0, 0.1) is 0 Å². The zero-order valence-electron chi connectivity index (χ0n) is 15.6. The van der Waals surface area contributed by atoms with Gasteiger partial charge >= 0.3 is 0 Å². The third kappa shape index (κ3) is 2.93. The van der Waals surface area contributed by atoms with E-state index in [4.69, 9.17) is 9.57 Å². The molecule has 6 nitrogen and oxygen atoms in total. The Morgan fingerprint density at radius 2 is 1.63 bits per heavy atom. The predicted molar refractivity (Wildman–Crippen MR) is 103 cm³/mol. The Morgan fingerprint density at radius 3 is 2.33 bits per heavy atom. The van der Waals surface area contributed by atoms with Crippen LogP contribution in [0.25, 0.3) is 0 Å². The number of ketones is 1. The summed E-state index contributed by atoms with van der Waals surface area (Å²) < 4.78 is 5.17. The zero-order chi connectivity index (χ0) is 19.0. The van der Waals surface area contributed by atoms with Crippen molar-refractivity contribution in [3.05, 3.63) is 76.6 Å². The molecule has 0 atom stereocenters. The topological polar surface area (TPSA) is 54.4 Å². The van der Waals surface area contributed by atoms with Crippen molar-refractivity contribution in [3.8, 4) is 5.75 Å². The van der Waals surface area contributed by atoms with E-state index in [1.165, 1.54) is 0 Å². The number of carbonyl (C=O) groups excluding carboxylic acids is 1. The molecule has 0 amide bonds. The van der Waals surface area contributed by atoms with Gasteiger partial charge in [-0.15, -0.1) is 0 Å². The monoisotopic (exact) mass is 363 g/mol. The second-order valence-electron chi connectivity index (χ2n) is 6.67. The Morgan fingerprint density at radius 1 is 0.963 bits per heavy atom. The SMILES string of the molecule is COc1ccc(CO/N=C2\C3=C(C(=O)c4ccccc42)N(C)CN3C)cc1. The summed E-state index contributed by atoms with van der Waals surface area (Å²) in [6, 6.07) is 15.2. The first-order valence-electron chi connectivity index (χ1n) is 8.74. The highest BCUT2D eigenvalue weighted by Gasteiger charge is 2.39. The van der Waals surface area contributed by atoms with Gasteiger partial charge in [0.15, 0.2) is 0 Å². The molecule has 0 aromatic heterocycles. The smallest absolute Gasteiger partial charge is 0.211 e. The number of benzene rings is 2. The highest BCUT2D eigenvalue weighted by atomic mass is 16.6. The van der Waals surface area contributed by atoms with Gasteiger partial charge in [0.1, 0.15) is 23.8 Å². The summed E-state index contributed by atoms with van der Waals surface area (Å²) in [6.45, 7) is 0.980. The van der Waals surface area contributed by atoms with E-state index in [1.807, 2.05) is 72.4 Å². The molecule has 4 rings (SSSR count). The number of oxime groups is 1. The summed E-state index contributed by atoms with van der Waals surface area (Å²) in [5.41, 5.74) is 4.63. The van der Waals surface area contributed by atoms with Crippen LogP contribution in [0.5, 0.6) is 5.75 Å². The van der Waals surface area contributed by atoms with Crippen LogP contribution in [0.2, 0.25) is 0 Å². The van der Waals surface area contributed by atoms with Gasteiger partial charge in [-0.05, 0) is 17.7 Å². The number of allylic oxidation sites excluding steroid dienone is 2. The van der Waals surface area contributed by atoms with E-state index in [-0.39, 0.29) is 5.78 Å². The quantitative estimate of drug-likeness (QED) is 0.782. The van der Waals surface area contributed by atoms with Crippen LogP contribution in [0.3, 0.4) is 0 Å². The third-order valence-electron chi connectivity index (χ3n) is 4.82. The highest BCUT2D eigenvalue weighted by molar-refractivity contribution is 6.28. The molecule has 0 N–H and O–H groups in total. The Hall–Kier alpha value is -3.28. The van der Waals surface area contributed by atoms with Gasteiger partial charge in [0.2, 0.25) is 5.78 Å². The van der Waals surface area contributed by atoms with Gasteiger partial charge < -0.3 is 19.4 Å². The second kappa shape index (κ2) is 6.79. The van der Waals surface area contributed by atoms with E-state index in [2.05, 4.69) is 5.16 Å². The minimum Gasteiger partial charge on any atom is -0.497 e. The third-order valence-corrected chi connectivity index (χ3v) is 4.82. The molecule has 0 saturated heterocycles. The molecular formula is C21H21N3O3. The molecule has 27 heavy (non-hydrogen) atoms. The lowest BCUT2D eigenvalue weighted by Gasteiger charge is -2.22. The van der Waals surface area contributed by atoms with Crippen LogP contribution >= 0.6 is 0 Å². The number of hydrogen-bond donors (Lipinski definition) is 0. The lowest BCUT2D eigenvalue weighted by atomic mass is 9.90. The Bertz CT molecular complexity index is 947. The average molecular weight is 363 g/mol. The van der Waals surface area contributed by atoms with E-state index in [1.54, 1.807) is 7.11 Å². The Kier molecular flexibility index (Phi) is 4.32. The molecule has 0 bridgehead atoms. The van der Waals surface area contributed by atoms with Gasteiger partial charge in [-0.25, -0.2) is 0 Å². The summed E-state index contributed by atoms with van der Waals surface area (Å²) >= 11 is 0. The number of likely N-dealkylation sites (N-methyl/N-ethyl adjacent to an activating group) is 2. The number of nitrogens with zero attached hydrogens (tertiary/aromatic N) is 3. The van der Waals surface area contributed by atoms with Crippen molar-refractivity contribution in [2.75, 3.05) is 27.9 Å².